The molecular weight excluding hydrogens is 374 g/mol. The minimum Gasteiger partial charge on any atom is -0.339 e. The highest BCUT2D eigenvalue weighted by Crippen LogP contribution is 2.21. The van der Waals surface area contributed by atoms with E-state index in [0.29, 0.717) is 38.8 Å². The summed E-state index contributed by atoms with van der Waals surface area (Å²) in [6, 6.07) is 9.76. The van der Waals surface area contributed by atoms with Crippen LogP contribution in [0.3, 0.4) is 0 Å². The maximum Gasteiger partial charge on any atom is 0.236 e. The van der Waals surface area contributed by atoms with E-state index in [0.717, 1.165) is 5.56 Å². The summed E-state index contributed by atoms with van der Waals surface area (Å²) < 4.78 is 26.9. The predicted octanol–water partition coefficient (Wildman–Crippen LogP) is 2.32. The molecule has 156 valence electrons. The van der Waals surface area contributed by atoms with Gasteiger partial charge in [0.2, 0.25) is 15.9 Å². The van der Waals surface area contributed by atoms with Crippen LogP contribution in [0.25, 0.3) is 0 Å². The van der Waals surface area contributed by atoms with E-state index < -0.39 is 10.0 Å². The van der Waals surface area contributed by atoms with Crippen LogP contribution in [-0.4, -0.2) is 74.2 Å². The Labute approximate surface area is 169 Å². The molecule has 2 fully saturated rings. The summed E-state index contributed by atoms with van der Waals surface area (Å²) >= 11 is 0. The fraction of sp³-hybridized carbons (Fsp3) is 0.667. The number of piperazine rings is 1. The van der Waals surface area contributed by atoms with E-state index in [2.05, 4.69) is 11.9 Å². The number of hydrogen-bond acceptors (Lipinski definition) is 4. The van der Waals surface area contributed by atoms with Crippen molar-refractivity contribution in [1.29, 1.82) is 0 Å². The molecule has 2 aliphatic rings. The number of hydrogen-bond donors (Lipinski definition) is 0. The highest BCUT2D eigenvalue weighted by molar-refractivity contribution is 7.88. The normalized spacial score (nSPS) is 20.3. The smallest absolute Gasteiger partial charge is 0.236 e. The Hall–Kier alpha value is -1.44. The van der Waals surface area contributed by atoms with Gasteiger partial charge in [-0.2, -0.15) is 4.31 Å². The molecule has 0 aromatic heterocycles. The first-order valence-corrected chi connectivity index (χ1v) is 12.1. The van der Waals surface area contributed by atoms with Gasteiger partial charge in [-0.1, -0.05) is 56.0 Å². The van der Waals surface area contributed by atoms with E-state index in [-0.39, 0.29) is 11.7 Å². The topological polar surface area (TPSA) is 60.9 Å². The molecule has 0 bridgehead atoms. The third kappa shape index (κ3) is 5.78. The molecule has 0 N–H and O–H groups in total. The number of amides is 1. The van der Waals surface area contributed by atoms with Crippen LogP contribution in [-0.2, 0) is 20.6 Å². The van der Waals surface area contributed by atoms with Gasteiger partial charge in [-0.05, 0) is 25.5 Å². The van der Waals surface area contributed by atoms with Gasteiger partial charge in [0.05, 0.1) is 12.3 Å². The van der Waals surface area contributed by atoms with E-state index in [9.17, 15) is 13.2 Å². The molecule has 1 saturated carbocycles. The Balaban J connectivity index is 1.48. The summed E-state index contributed by atoms with van der Waals surface area (Å²) in [6.45, 7) is 2.15. The Kier molecular flexibility index (Phi) is 7.48. The van der Waals surface area contributed by atoms with Gasteiger partial charge in [-0.3, -0.25) is 9.69 Å². The maximum atomic E-state index is 12.7. The van der Waals surface area contributed by atoms with E-state index in [4.69, 9.17) is 0 Å². The molecule has 0 unspecified atom stereocenters. The minimum atomic E-state index is -3.34. The summed E-state index contributed by atoms with van der Waals surface area (Å²) in [4.78, 5) is 16.7. The zero-order valence-electron chi connectivity index (χ0n) is 16.9. The molecule has 7 heteroatoms. The summed E-state index contributed by atoms with van der Waals surface area (Å²) in [7, 11) is -1.29. The maximum absolute atomic E-state index is 12.7. The van der Waals surface area contributed by atoms with E-state index in [1.807, 2.05) is 35.2 Å². The van der Waals surface area contributed by atoms with Gasteiger partial charge in [-0.25, -0.2) is 8.42 Å². The van der Waals surface area contributed by atoms with E-state index >= 15 is 0 Å². The molecule has 1 aliphatic carbocycles. The number of carbonyl (C=O) groups is 1. The van der Waals surface area contributed by atoms with Crippen LogP contribution < -0.4 is 0 Å². The van der Waals surface area contributed by atoms with Crippen LogP contribution in [0.4, 0.5) is 0 Å². The average Bonchev–Trinajstić information content (AvgIpc) is 2.98. The second kappa shape index (κ2) is 9.85. The number of carbonyl (C=O) groups excluding carboxylic acids is 1. The van der Waals surface area contributed by atoms with Crippen molar-refractivity contribution in [3.63, 3.8) is 0 Å². The largest absolute Gasteiger partial charge is 0.339 e. The Morgan fingerprint density at radius 2 is 1.61 bits per heavy atom. The lowest BCUT2D eigenvalue weighted by atomic mass is 10.1. The number of nitrogens with zero attached hydrogens (tertiary/aromatic N) is 3. The molecule has 1 saturated heterocycles. The first-order chi connectivity index (χ1) is 13.5. The van der Waals surface area contributed by atoms with Gasteiger partial charge >= 0.3 is 0 Å². The number of benzene rings is 1. The predicted molar refractivity (Wildman–Crippen MR) is 111 cm³/mol. The molecule has 28 heavy (non-hydrogen) atoms. The van der Waals surface area contributed by atoms with Crippen molar-refractivity contribution < 1.29 is 13.2 Å². The minimum absolute atomic E-state index is 0.0200. The zero-order chi connectivity index (χ0) is 20.0. The van der Waals surface area contributed by atoms with Crippen molar-refractivity contribution in [2.24, 2.45) is 0 Å². The lowest BCUT2D eigenvalue weighted by Crippen LogP contribution is -2.53. The van der Waals surface area contributed by atoms with E-state index in [1.165, 1.54) is 42.8 Å². The standard InChI is InChI=1S/C21H33N3O3S/c1-22(20-11-7-2-3-8-12-20)17-21(25)23-13-15-24(16-14-23)28(26,27)18-19-9-5-4-6-10-19/h4-6,9-10,20H,2-3,7-8,11-18H2,1H3. The molecule has 1 heterocycles. The van der Waals surface area contributed by atoms with Crippen LogP contribution in [0.1, 0.15) is 44.1 Å². The van der Waals surface area contributed by atoms with E-state index in [1.54, 1.807) is 0 Å². The fourth-order valence-corrected chi connectivity index (χ4v) is 5.75. The van der Waals surface area contributed by atoms with Gasteiger partial charge < -0.3 is 4.90 Å². The molecule has 0 radical (unpaired) electrons. The van der Waals surface area contributed by atoms with Crippen molar-refractivity contribution in [3.05, 3.63) is 35.9 Å². The molecule has 0 atom stereocenters. The lowest BCUT2D eigenvalue weighted by Gasteiger charge is -2.35. The number of sulfonamides is 1. The molecule has 1 amide bonds. The number of likely N-dealkylation sites (N-methyl/N-ethyl adjacent to an activating group) is 1. The van der Waals surface area contributed by atoms with Gasteiger partial charge in [0.1, 0.15) is 0 Å². The highest BCUT2D eigenvalue weighted by atomic mass is 32.2. The third-order valence-corrected chi connectivity index (χ3v) is 7.86. The highest BCUT2D eigenvalue weighted by Gasteiger charge is 2.30. The molecule has 1 aromatic carbocycles. The van der Waals surface area contributed by atoms with Crippen LogP contribution in [0, 0.1) is 0 Å². The van der Waals surface area contributed by atoms with Crippen molar-refractivity contribution in [3.8, 4) is 0 Å². The Morgan fingerprint density at radius 3 is 2.21 bits per heavy atom. The summed E-state index contributed by atoms with van der Waals surface area (Å²) in [5, 5.41) is 0. The Morgan fingerprint density at radius 1 is 1.00 bits per heavy atom. The first-order valence-electron chi connectivity index (χ1n) is 10.5. The SMILES string of the molecule is CN(CC(=O)N1CCN(S(=O)(=O)Cc2ccccc2)CC1)C1CCCCCC1. The molecule has 6 nitrogen and oxygen atoms in total. The van der Waals surface area contributed by atoms with Gasteiger partial charge in [0, 0.05) is 32.2 Å². The fourth-order valence-electron chi connectivity index (χ4n) is 4.23. The third-order valence-electron chi connectivity index (χ3n) is 6.01. The number of rotatable bonds is 6. The van der Waals surface area contributed by atoms with Gasteiger partial charge in [0.15, 0.2) is 0 Å². The lowest BCUT2D eigenvalue weighted by molar-refractivity contribution is -0.133. The van der Waals surface area contributed by atoms with Crippen LogP contribution in [0.5, 0.6) is 0 Å². The first kappa shape index (κ1) is 21.3. The Bertz CT molecular complexity index is 723. The summed E-state index contributed by atoms with van der Waals surface area (Å²) in [5.74, 6) is 0.138. The summed E-state index contributed by atoms with van der Waals surface area (Å²) in [5.41, 5.74) is 0.797. The molecule has 1 aliphatic heterocycles. The quantitative estimate of drug-likeness (QED) is 0.679. The van der Waals surface area contributed by atoms with Gasteiger partial charge in [0.25, 0.3) is 0 Å². The summed E-state index contributed by atoms with van der Waals surface area (Å²) in [6.07, 6.45) is 7.46. The monoisotopic (exact) mass is 407 g/mol. The van der Waals surface area contributed by atoms with Gasteiger partial charge in [-0.15, -0.1) is 0 Å². The molecule has 3 rings (SSSR count). The molecule has 0 spiro atoms. The molecule has 1 aromatic rings. The second-order valence-corrected chi connectivity index (χ2v) is 10.1. The van der Waals surface area contributed by atoms with Crippen LogP contribution >= 0.6 is 0 Å². The molecular formula is C21H33N3O3S. The van der Waals surface area contributed by atoms with Crippen LogP contribution in [0.2, 0.25) is 0 Å². The van der Waals surface area contributed by atoms with Crippen molar-refractivity contribution >= 4 is 15.9 Å². The van der Waals surface area contributed by atoms with Crippen LogP contribution in [0.15, 0.2) is 30.3 Å². The zero-order valence-corrected chi connectivity index (χ0v) is 17.7. The van der Waals surface area contributed by atoms with Crippen molar-refractivity contribution in [2.45, 2.75) is 50.3 Å². The average molecular weight is 408 g/mol. The van der Waals surface area contributed by atoms with Crippen molar-refractivity contribution in [2.75, 3.05) is 39.8 Å². The second-order valence-electron chi connectivity index (χ2n) is 8.08. The van der Waals surface area contributed by atoms with Crippen molar-refractivity contribution in [1.82, 2.24) is 14.1 Å².